The summed E-state index contributed by atoms with van der Waals surface area (Å²) in [5, 5.41) is 4.37. The highest BCUT2D eigenvalue weighted by Crippen LogP contribution is 2.28. The lowest BCUT2D eigenvalue weighted by Crippen LogP contribution is -2.31. The fourth-order valence-corrected chi connectivity index (χ4v) is 3.46. The van der Waals surface area contributed by atoms with E-state index in [0.29, 0.717) is 5.78 Å². The Bertz CT molecular complexity index is 937. The zero-order valence-electron chi connectivity index (χ0n) is 15.0. The van der Waals surface area contributed by atoms with Crippen LogP contribution in [0.5, 0.6) is 0 Å². The van der Waals surface area contributed by atoms with E-state index in [9.17, 15) is 0 Å². The average molecular weight is 333 g/mol. The molecule has 0 aliphatic carbocycles. The first kappa shape index (κ1) is 15.8. The fraction of sp³-hybridized carbons (Fsp3) is 0.350. The van der Waals surface area contributed by atoms with Crippen LogP contribution in [0.4, 0.5) is 5.82 Å². The van der Waals surface area contributed by atoms with Crippen molar-refractivity contribution < 1.29 is 0 Å². The Morgan fingerprint density at radius 1 is 1.12 bits per heavy atom. The molecule has 128 valence electrons. The number of nitrogens with zero attached hydrogens (tertiary/aromatic N) is 5. The first-order valence-corrected chi connectivity index (χ1v) is 8.87. The smallest absolute Gasteiger partial charge is 0.254 e. The Balaban J connectivity index is 1.64. The number of fused-ring (bicyclic) bond motifs is 1. The van der Waals surface area contributed by atoms with Crippen molar-refractivity contribution in [3.63, 3.8) is 0 Å². The number of aromatic nitrogens is 4. The van der Waals surface area contributed by atoms with Crippen LogP contribution in [0.3, 0.4) is 0 Å². The first-order chi connectivity index (χ1) is 12.2. The minimum Gasteiger partial charge on any atom is -0.352 e. The Hall–Kier alpha value is -2.69. The molecule has 25 heavy (non-hydrogen) atoms. The predicted molar refractivity (Wildman–Crippen MR) is 101 cm³/mol. The van der Waals surface area contributed by atoms with Crippen LogP contribution < -0.4 is 4.90 Å². The molecule has 0 fully saturated rings. The maximum atomic E-state index is 4.52. The van der Waals surface area contributed by atoms with Gasteiger partial charge in [-0.25, -0.2) is 4.98 Å². The Labute approximate surface area is 148 Å². The molecule has 5 nitrogen and oxygen atoms in total. The van der Waals surface area contributed by atoms with E-state index < -0.39 is 0 Å². The maximum absolute atomic E-state index is 4.52. The summed E-state index contributed by atoms with van der Waals surface area (Å²) < 4.78 is 1.86. The standard InChI is InChI=1S/C20H23N5/c1-4-16-5-7-17(8-6-16)18-9-11-24(12-10-18)19-14(2)15(3)23-20-21-13-22-25(19)20/h5-9,13H,4,10-12H2,1-3H3. The molecule has 0 spiro atoms. The number of rotatable bonds is 3. The minimum absolute atomic E-state index is 0.669. The molecular formula is C20H23N5. The van der Waals surface area contributed by atoms with Crippen LogP contribution in [-0.4, -0.2) is 32.7 Å². The van der Waals surface area contributed by atoms with Crippen LogP contribution in [-0.2, 0) is 6.42 Å². The molecule has 3 aromatic rings. The molecular weight excluding hydrogens is 310 g/mol. The van der Waals surface area contributed by atoms with Crippen LogP contribution in [0.2, 0.25) is 0 Å². The highest BCUT2D eigenvalue weighted by Gasteiger charge is 2.20. The van der Waals surface area contributed by atoms with Gasteiger partial charge >= 0.3 is 0 Å². The summed E-state index contributed by atoms with van der Waals surface area (Å²) in [6.45, 7) is 8.19. The summed E-state index contributed by atoms with van der Waals surface area (Å²) in [6.07, 6.45) is 6.03. The summed E-state index contributed by atoms with van der Waals surface area (Å²) in [7, 11) is 0. The quantitative estimate of drug-likeness (QED) is 0.735. The molecule has 0 saturated carbocycles. The normalized spacial score (nSPS) is 14.8. The lowest BCUT2D eigenvalue weighted by molar-refractivity contribution is 0.771. The fourth-order valence-electron chi connectivity index (χ4n) is 3.46. The van der Waals surface area contributed by atoms with Gasteiger partial charge in [-0.3, -0.25) is 0 Å². The Morgan fingerprint density at radius 3 is 2.60 bits per heavy atom. The zero-order chi connectivity index (χ0) is 17.4. The number of anilines is 1. The average Bonchev–Trinajstić information content (AvgIpc) is 3.11. The van der Waals surface area contributed by atoms with E-state index in [1.807, 2.05) is 11.4 Å². The van der Waals surface area contributed by atoms with Crippen molar-refractivity contribution in [3.05, 3.63) is 59.1 Å². The summed E-state index contributed by atoms with van der Waals surface area (Å²) in [5.74, 6) is 1.78. The van der Waals surface area contributed by atoms with Gasteiger partial charge in [0.1, 0.15) is 12.1 Å². The van der Waals surface area contributed by atoms with Crippen LogP contribution in [0.15, 0.2) is 36.7 Å². The van der Waals surface area contributed by atoms with Gasteiger partial charge in [-0.05, 0) is 43.4 Å². The third kappa shape index (κ3) is 2.80. The molecule has 5 heteroatoms. The summed E-state index contributed by atoms with van der Waals surface area (Å²) in [4.78, 5) is 11.1. The van der Waals surface area contributed by atoms with E-state index in [1.54, 1.807) is 6.33 Å². The minimum atomic E-state index is 0.669. The van der Waals surface area contributed by atoms with E-state index in [4.69, 9.17) is 0 Å². The van der Waals surface area contributed by atoms with Gasteiger partial charge in [0.2, 0.25) is 0 Å². The van der Waals surface area contributed by atoms with Crippen molar-refractivity contribution in [1.82, 2.24) is 19.6 Å². The molecule has 0 radical (unpaired) electrons. The van der Waals surface area contributed by atoms with Gasteiger partial charge in [0.25, 0.3) is 5.78 Å². The van der Waals surface area contributed by atoms with Crippen molar-refractivity contribution >= 4 is 17.2 Å². The van der Waals surface area contributed by atoms with Crippen molar-refractivity contribution in [3.8, 4) is 0 Å². The van der Waals surface area contributed by atoms with Crippen molar-refractivity contribution in [2.75, 3.05) is 18.0 Å². The topological polar surface area (TPSA) is 46.3 Å². The molecule has 1 aliphatic rings. The van der Waals surface area contributed by atoms with E-state index in [1.165, 1.54) is 22.3 Å². The second-order valence-electron chi connectivity index (χ2n) is 6.59. The summed E-state index contributed by atoms with van der Waals surface area (Å²) in [5.41, 5.74) is 6.34. The van der Waals surface area contributed by atoms with Crippen LogP contribution in [0, 0.1) is 13.8 Å². The number of aryl methyl sites for hydroxylation is 2. The molecule has 2 aromatic heterocycles. The predicted octanol–water partition coefficient (Wildman–Crippen LogP) is 3.60. The second-order valence-corrected chi connectivity index (χ2v) is 6.59. The van der Waals surface area contributed by atoms with Gasteiger partial charge in [-0.2, -0.15) is 14.6 Å². The summed E-state index contributed by atoms with van der Waals surface area (Å²) >= 11 is 0. The molecule has 0 atom stereocenters. The monoisotopic (exact) mass is 333 g/mol. The highest BCUT2D eigenvalue weighted by atomic mass is 15.4. The van der Waals surface area contributed by atoms with Gasteiger partial charge < -0.3 is 4.90 Å². The van der Waals surface area contributed by atoms with E-state index in [-0.39, 0.29) is 0 Å². The zero-order valence-corrected chi connectivity index (χ0v) is 15.0. The Kier molecular flexibility index (Phi) is 3.99. The largest absolute Gasteiger partial charge is 0.352 e. The molecule has 1 aliphatic heterocycles. The number of hydrogen-bond donors (Lipinski definition) is 0. The lowest BCUT2D eigenvalue weighted by Gasteiger charge is -2.30. The molecule has 4 rings (SSSR count). The molecule has 0 bridgehead atoms. The highest BCUT2D eigenvalue weighted by molar-refractivity contribution is 5.69. The third-order valence-corrected chi connectivity index (χ3v) is 5.12. The first-order valence-electron chi connectivity index (χ1n) is 8.87. The van der Waals surface area contributed by atoms with Crippen molar-refractivity contribution in [2.24, 2.45) is 0 Å². The lowest BCUT2D eigenvalue weighted by atomic mass is 9.98. The van der Waals surface area contributed by atoms with Crippen molar-refractivity contribution in [1.29, 1.82) is 0 Å². The van der Waals surface area contributed by atoms with Gasteiger partial charge in [-0.1, -0.05) is 37.3 Å². The van der Waals surface area contributed by atoms with E-state index in [2.05, 4.69) is 64.2 Å². The molecule has 0 amide bonds. The number of benzene rings is 1. The van der Waals surface area contributed by atoms with Gasteiger partial charge in [0, 0.05) is 24.3 Å². The van der Waals surface area contributed by atoms with Crippen molar-refractivity contribution in [2.45, 2.75) is 33.6 Å². The van der Waals surface area contributed by atoms with Crippen LogP contribution in [0.1, 0.15) is 35.7 Å². The van der Waals surface area contributed by atoms with Gasteiger partial charge in [0.05, 0.1) is 0 Å². The molecule has 1 aromatic carbocycles. The SMILES string of the molecule is CCc1ccc(C2=CCN(c3c(C)c(C)nc4ncnn34)CC2)cc1. The molecule has 3 heterocycles. The third-order valence-electron chi connectivity index (χ3n) is 5.12. The van der Waals surface area contributed by atoms with Crippen LogP contribution >= 0.6 is 0 Å². The molecule has 0 unspecified atom stereocenters. The van der Waals surface area contributed by atoms with Crippen LogP contribution in [0.25, 0.3) is 11.4 Å². The molecule has 0 saturated heterocycles. The maximum Gasteiger partial charge on any atom is 0.254 e. The second kappa shape index (κ2) is 6.31. The molecule has 0 N–H and O–H groups in total. The van der Waals surface area contributed by atoms with Gasteiger partial charge in [-0.15, -0.1) is 0 Å². The van der Waals surface area contributed by atoms with Gasteiger partial charge in [0.15, 0.2) is 0 Å². The Morgan fingerprint density at radius 2 is 1.92 bits per heavy atom. The van der Waals surface area contributed by atoms with E-state index >= 15 is 0 Å². The van der Waals surface area contributed by atoms with E-state index in [0.717, 1.165) is 37.4 Å². The number of hydrogen-bond acceptors (Lipinski definition) is 4. The summed E-state index contributed by atoms with van der Waals surface area (Å²) in [6, 6.07) is 8.96.